The van der Waals surface area contributed by atoms with E-state index in [4.69, 9.17) is 4.74 Å². The molecule has 7 nitrogen and oxygen atoms in total. The van der Waals surface area contributed by atoms with Crippen LogP contribution in [0.25, 0.3) is 0 Å². The van der Waals surface area contributed by atoms with Crippen LogP contribution in [0.1, 0.15) is 34.2 Å². The van der Waals surface area contributed by atoms with Crippen molar-refractivity contribution < 1.29 is 14.3 Å². The van der Waals surface area contributed by atoms with Crippen LogP contribution in [0.3, 0.4) is 0 Å². The monoisotopic (exact) mass is 316 g/mol. The van der Waals surface area contributed by atoms with Crippen LogP contribution < -0.4 is 15.4 Å². The van der Waals surface area contributed by atoms with Crippen molar-refractivity contribution in [3.8, 4) is 5.75 Å². The fourth-order valence-electron chi connectivity index (χ4n) is 2.08. The Bertz CT molecular complexity index is 709. The number of benzene rings is 1. The van der Waals surface area contributed by atoms with E-state index in [1.807, 2.05) is 6.92 Å². The third kappa shape index (κ3) is 3.88. The van der Waals surface area contributed by atoms with E-state index in [9.17, 15) is 9.59 Å². The van der Waals surface area contributed by atoms with Gasteiger partial charge in [-0.05, 0) is 24.6 Å². The molecule has 1 aromatic heterocycles. The largest absolute Gasteiger partial charge is 0.497 e. The zero-order valence-corrected chi connectivity index (χ0v) is 13.4. The second-order valence-electron chi connectivity index (χ2n) is 4.97. The number of carbonyl (C=O) groups is 2. The summed E-state index contributed by atoms with van der Waals surface area (Å²) >= 11 is 0. The summed E-state index contributed by atoms with van der Waals surface area (Å²) in [6.07, 6.45) is 2.29. The molecule has 1 aromatic carbocycles. The minimum atomic E-state index is -0.332. The van der Waals surface area contributed by atoms with E-state index in [0.29, 0.717) is 29.2 Å². The van der Waals surface area contributed by atoms with Crippen LogP contribution in [0.4, 0.5) is 5.69 Å². The second kappa shape index (κ2) is 7.44. The Kier molecular flexibility index (Phi) is 5.35. The number of nitrogens with one attached hydrogen (secondary N) is 2. The van der Waals surface area contributed by atoms with Gasteiger partial charge < -0.3 is 15.4 Å². The molecule has 0 aliphatic carbocycles. The number of hydrogen-bond donors (Lipinski definition) is 2. The lowest BCUT2D eigenvalue weighted by Gasteiger charge is -2.09. The Morgan fingerprint density at radius 3 is 2.78 bits per heavy atom. The van der Waals surface area contributed by atoms with E-state index < -0.39 is 0 Å². The van der Waals surface area contributed by atoms with Gasteiger partial charge in [0, 0.05) is 19.2 Å². The number of nitrogens with zero attached hydrogens (tertiary/aromatic N) is 2. The Balaban J connectivity index is 2.19. The summed E-state index contributed by atoms with van der Waals surface area (Å²) in [6, 6.07) is 6.78. The average Bonchev–Trinajstić information content (AvgIpc) is 2.93. The van der Waals surface area contributed by atoms with Crippen molar-refractivity contribution in [2.45, 2.75) is 13.3 Å². The molecule has 2 rings (SSSR count). The number of aryl methyl sites for hydroxylation is 1. The molecule has 2 aromatic rings. The normalized spacial score (nSPS) is 10.2. The SMILES string of the molecule is CCCNC(=O)c1c(NC(=O)c2cccc(OC)c2)cnn1C. The molecule has 1 heterocycles. The van der Waals surface area contributed by atoms with Gasteiger partial charge in [-0.3, -0.25) is 14.3 Å². The van der Waals surface area contributed by atoms with Gasteiger partial charge in [-0.25, -0.2) is 0 Å². The molecule has 0 fully saturated rings. The number of rotatable bonds is 6. The lowest BCUT2D eigenvalue weighted by molar-refractivity contribution is 0.0945. The summed E-state index contributed by atoms with van der Waals surface area (Å²) in [5.74, 6) is -0.0148. The summed E-state index contributed by atoms with van der Waals surface area (Å²) in [5, 5.41) is 9.54. The minimum absolute atomic E-state index is 0.271. The van der Waals surface area contributed by atoms with Gasteiger partial charge >= 0.3 is 0 Å². The first-order valence-corrected chi connectivity index (χ1v) is 7.32. The van der Waals surface area contributed by atoms with Gasteiger partial charge in [-0.2, -0.15) is 5.10 Å². The standard InChI is InChI=1S/C16H20N4O3/c1-4-8-17-16(22)14-13(10-18-20(14)2)19-15(21)11-6-5-7-12(9-11)23-3/h5-7,9-10H,4,8H2,1-3H3,(H,17,22)(H,19,21). The minimum Gasteiger partial charge on any atom is -0.497 e. The fraction of sp³-hybridized carbons (Fsp3) is 0.312. The van der Waals surface area contributed by atoms with Crippen LogP contribution in [0.2, 0.25) is 0 Å². The molecule has 0 aliphatic rings. The maximum atomic E-state index is 12.3. The molecule has 122 valence electrons. The summed E-state index contributed by atoms with van der Waals surface area (Å²) in [7, 11) is 3.19. The van der Waals surface area contributed by atoms with Gasteiger partial charge in [-0.1, -0.05) is 13.0 Å². The van der Waals surface area contributed by atoms with E-state index >= 15 is 0 Å². The van der Waals surface area contributed by atoms with Crippen molar-refractivity contribution in [1.29, 1.82) is 0 Å². The molecular weight excluding hydrogens is 296 g/mol. The van der Waals surface area contributed by atoms with Gasteiger partial charge in [0.1, 0.15) is 11.4 Å². The molecule has 0 saturated carbocycles. The Morgan fingerprint density at radius 2 is 2.09 bits per heavy atom. The van der Waals surface area contributed by atoms with Crippen LogP contribution in [0, 0.1) is 0 Å². The van der Waals surface area contributed by atoms with Gasteiger partial charge in [0.15, 0.2) is 0 Å². The van der Waals surface area contributed by atoms with Gasteiger partial charge in [0.2, 0.25) is 0 Å². The average molecular weight is 316 g/mol. The zero-order valence-electron chi connectivity index (χ0n) is 13.4. The second-order valence-corrected chi connectivity index (χ2v) is 4.97. The first kappa shape index (κ1) is 16.5. The number of anilines is 1. The maximum Gasteiger partial charge on any atom is 0.271 e. The van der Waals surface area contributed by atoms with Crippen LogP contribution >= 0.6 is 0 Å². The summed E-state index contributed by atoms with van der Waals surface area (Å²) in [4.78, 5) is 24.5. The topological polar surface area (TPSA) is 85.2 Å². The highest BCUT2D eigenvalue weighted by Gasteiger charge is 2.19. The van der Waals surface area contributed by atoms with Crippen molar-refractivity contribution in [3.05, 3.63) is 41.7 Å². The zero-order chi connectivity index (χ0) is 16.8. The Labute approximate surface area is 134 Å². The highest BCUT2D eigenvalue weighted by Crippen LogP contribution is 2.17. The van der Waals surface area contributed by atoms with Gasteiger partial charge in [0.05, 0.1) is 19.0 Å². The number of ether oxygens (including phenoxy) is 1. The lowest BCUT2D eigenvalue weighted by atomic mass is 10.2. The van der Waals surface area contributed by atoms with Crippen LogP contribution in [-0.4, -0.2) is 35.2 Å². The molecule has 23 heavy (non-hydrogen) atoms. The summed E-state index contributed by atoms with van der Waals surface area (Å²) in [5.41, 5.74) is 1.12. The third-order valence-corrected chi connectivity index (χ3v) is 3.27. The molecule has 2 N–H and O–H groups in total. The van der Waals surface area contributed by atoms with Gasteiger partial charge in [0.25, 0.3) is 11.8 Å². The van der Waals surface area contributed by atoms with Crippen LogP contribution in [0.5, 0.6) is 5.75 Å². The molecule has 0 atom stereocenters. The molecular formula is C16H20N4O3. The molecule has 0 spiro atoms. The molecule has 0 aliphatic heterocycles. The van der Waals surface area contributed by atoms with Crippen molar-refractivity contribution in [1.82, 2.24) is 15.1 Å². The molecule has 2 amide bonds. The molecule has 0 radical (unpaired) electrons. The van der Waals surface area contributed by atoms with E-state index in [1.54, 1.807) is 31.3 Å². The predicted octanol–water partition coefficient (Wildman–Crippen LogP) is 1.82. The number of hydrogen-bond acceptors (Lipinski definition) is 4. The van der Waals surface area contributed by atoms with Gasteiger partial charge in [-0.15, -0.1) is 0 Å². The molecule has 0 bridgehead atoms. The van der Waals surface area contributed by atoms with Crippen molar-refractivity contribution in [2.75, 3.05) is 19.0 Å². The van der Waals surface area contributed by atoms with Crippen LogP contribution in [0.15, 0.2) is 30.5 Å². The number of methoxy groups -OCH3 is 1. The highest BCUT2D eigenvalue weighted by molar-refractivity contribution is 6.08. The number of carbonyl (C=O) groups excluding carboxylic acids is 2. The maximum absolute atomic E-state index is 12.3. The third-order valence-electron chi connectivity index (χ3n) is 3.27. The summed E-state index contributed by atoms with van der Waals surface area (Å²) < 4.78 is 6.54. The van der Waals surface area contributed by atoms with Crippen molar-refractivity contribution in [3.63, 3.8) is 0 Å². The van der Waals surface area contributed by atoms with Crippen LogP contribution in [-0.2, 0) is 7.05 Å². The van der Waals surface area contributed by atoms with E-state index in [2.05, 4.69) is 15.7 Å². The number of aromatic nitrogens is 2. The smallest absolute Gasteiger partial charge is 0.271 e. The van der Waals surface area contributed by atoms with E-state index in [1.165, 1.54) is 18.0 Å². The quantitative estimate of drug-likeness (QED) is 0.851. The first-order valence-electron chi connectivity index (χ1n) is 7.32. The van der Waals surface area contributed by atoms with Crippen molar-refractivity contribution >= 4 is 17.5 Å². The lowest BCUT2D eigenvalue weighted by Crippen LogP contribution is -2.27. The van der Waals surface area contributed by atoms with Crippen molar-refractivity contribution in [2.24, 2.45) is 7.05 Å². The fourth-order valence-corrected chi connectivity index (χ4v) is 2.08. The highest BCUT2D eigenvalue weighted by atomic mass is 16.5. The Morgan fingerprint density at radius 1 is 1.30 bits per heavy atom. The summed E-state index contributed by atoms with van der Waals surface area (Å²) in [6.45, 7) is 2.53. The first-order chi connectivity index (χ1) is 11.1. The number of amides is 2. The molecule has 7 heteroatoms. The molecule has 0 unspecified atom stereocenters. The molecule has 0 saturated heterocycles. The Hall–Kier alpha value is -2.83. The van der Waals surface area contributed by atoms with E-state index in [-0.39, 0.29) is 11.8 Å². The van der Waals surface area contributed by atoms with E-state index in [0.717, 1.165) is 6.42 Å². The predicted molar refractivity (Wildman–Crippen MR) is 86.8 cm³/mol.